The number of hydrogen-bond donors (Lipinski definition) is 0. The molecule has 0 radical (unpaired) electrons. The molecule has 3 rings (SSSR count). The van der Waals surface area contributed by atoms with Crippen LogP contribution in [0.3, 0.4) is 0 Å². The first-order valence-corrected chi connectivity index (χ1v) is 8.22. The summed E-state index contributed by atoms with van der Waals surface area (Å²) in [5, 5.41) is 3.96. The highest BCUT2D eigenvalue weighted by Gasteiger charge is 2.35. The highest BCUT2D eigenvalue weighted by Crippen LogP contribution is 2.30. The predicted molar refractivity (Wildman–Crippen MR) is 85.8 cm³/mol. The lowest BCUT2D eigenvalue weighted by atomic mass is 10.1. The minimum absolute atomic E-state index is 0.231. The van der Waals surface area contributed by atoms with Crippen LogP contribution in [0.1, 0.15) is 28.3 Å². The van der Waals surface area contributed by atoms with Crippen molar-refractivity contribution in [3.8, 4) is 0 Å². The summed E-state index contributed by atoms with van der Waals surface area (Å²) in [6.45, 7) is 7.87. The predicted octanol–water partition coefficient (Wildman–Crippen LogP) is 3.02. The summed E-state index contributed by atoms with van der Waals surface area (Å²) in [5.41, 5.74) is 1.44. The van der Waals surface area contributed by atoms with E-state index < -0.39 is 11.9 Å². The lowest BCUT2D eigenvalue weighted by Gasteiger charge is -2.34. The standard InChI is InChI=1S/C17H21F3N4O/c1-12-15(13(2)25-22-12)11-24-8-6-23(7-9-24)10-14-4-3-5-21-16(14)17(18,19)20/h3-5H,6-11H2,1-2H3. The Labute approximate surface area is 144 Å². The average Bonchev–Trinajstić information content (AvgIpc) is 2.88. The maximum absolute atomic E-state index is 13.0. The van der Waals surface area contributed by atoms with Crippen LogP contribution >= 0.6 is 0 Å². The van der Waals surface area contributed by atoms with Crippen LogP contribution in [-0.4, -0.2) is 46.1 Å². The fraction of sp³-hybridized carbons (Fsp3) is 0.529. The molecule has 1 aliphatic rings. The smallest absolute Gasteiger partial charge is 0.361 e. The van der Waals surface area contributed by atoms with Crippen molar-refractivity contribution in [2.45, 2.75) is 33.1 Å². The Bertz CT molecular complexity index is 701. The van der Waals surface area contributed by atoms with Crippen LogP contribution in [0, 0.1) is 13.8 Å². The third-order valence-electron chi connectivity index (χ3n) is 4.58. The second kappa shape index (κ2) is 7.13. The minimum Gasteiger partial charge on any atom is -0.361 e. The van der Waals surface area contributed by atoms with Crippen molar-refractivity contribution in [2.75, 3.05) is 26.2 Å². The van der Waals surface area contributed by atoms with Gasteiger partial charge in [-0.1, -0.05) is 11.2 Å². The highest BCUT2D eigenvalue weighted by atomic mass is 19.4. The van der Waals surface area contributed by atoms with Crippen LogP contribution in [0.5, 0.6) is 0 Å². The van der Waals surface area contributed by atoms with Crippen LogP contribution in [0.2, 0.25) is 0 Å². The molecular weight excluding hydrogens is 333 g/mol. The Balaban J connectivity index is 1.59. The first kappa shape index (κ1) is 17.9. The van der Waals surface area contributed by atoms with Crippen molar-refractivity contribution in [3.63, 3.8) is 0 Å². The van der Waals surface area contributed by atoms with Gasteiger partial charge in [0.05, 0.1) is 5.69 Å². The van der Waals surface area contributed by atoms with E-state index in [4.69, 9.17) is 4.52 Å². The molecule has 2 aromatic heterocycles. The molecule has 5 nitrogen and oxygen atoms in total. The number of alkyl halides is 3. The first-order chi connectivity index (χ1) is 11.8. The summed E-state index contributed by atoms with van der Waals surface area (Å²) in [5.74, 6) is 0.824. The molecule has 1 aliphatic heterocycles. The number of rotatable bonds is 4. The summed E-state index contributed by atoms with van der Waals surface area (Å²) in [4.78, 5) is 7.83. The Morgan fingerprint density at radius 2 is 1.72 bits per heavy atom. The van der Waals surface area contributed by atoms with E-state index in [0.717, 1.165) is 49.7 Å². The fourth-order valence-electron chi connectivity index (χ4n) is 3.12. The van der Waals surface area contributed by atoms with Gasteiger partial charge in [0.25, 0.3) is 0 Å². The Kier molecular flexibility index (Phi) is 5.10. The van der Waals surface area contributed by atoms with Crippen LogP contribution in [0.4, 0.5) is 13.2 Å². The van der Waals surface area contributed by atoms with Crippen molar-refractivity contribution in [3.05, 3.63) is 46.6 Å². The number of aromatic nitrogens is 2. The monoisotopic (exact) mass is 354 g/mol. The molecule has 0 saturated carbocycles. The fourth-order valence-corrected chi connectivity index (χ4v) is 3.12. The van der Waals surface area contributed by atoms with Crippen molar-refractivity contribution in [1.82, 2.24) is 19.9 Å². The van der Waals surface area contributed by atoms with Gasteiger partial charge in [0.1, 0.15) is 11.5 Å². The molecule has 0 aliphatic carbocycles. The van der Waals surface area contributed by atoms with E-state index in [2.05, 4.69) is 15.0 Å². The van der Waals surface area contributed by atoms with Gasteiger partial charge in [-0.15, -0.1) is 0 Å². The number of halogens is 3. The molecule has 136 valence electrons. The molecule has 25 heavy (non-hydrogen) atoms. The number of nitrogens with zero attached hydrogens (tertiary/aromatic N) is 4. The third-order valence-corrected chi connectivity index (χ3v) is 4.58. The second-order valence-corrected chi connectivity index (χ2v) is 6.36. The van der Waals surface area contributed by atoms with E-state index >= 15 is 0 Å². The van der Waals surface area contributed by atoms with Crippen molar-refractivity contribution < 1.29 is 17.7 Å². The number of aryl methyl sites for hydroxylation is 2. The molecule has 0 spiro atoms. The SMILES string of the molecule is Cc1noc(C)c1CN1CCN(Cc2cccnc2C(F)(F)F)CC1. The molecule has 0 aromatic carbocycles. The average molecular weight is 354 g/mol. The number of hydrogen-bond acceptors (Lipinski definition) is 5. The van der Waals surface area contributed by atoms with Crippen LogP contribution < -0.4 is 0 Å². The molecule has 0 amide bonds. The number of piperazine rings is 1. The molecule has 0 atom stereocenters. The Morgan fingerprint density at radius 3 is 2.28 bits per heavy atom. The van der Waals surface area contributed by atoms with Gasteiger partial charge in [0.15, 0.2) is 0 Å². The quantitative estimate of drug-likeness (QED) is 0.845. The number of pyridine rings is 1. The molecule has 0 unspecified atom stereocenters. The summed E-state index contributed by atoms with van der Waals surface area (Å²) in [7, 11) is 0. The van der Waals surface area contributed by atoms with E-state index in [9.17, 15) is 13.2 Å². The lowest BCUT2D eigenvalue weighted by Crippen LogP contribution is -2.45. The van der Waals surface area contributed by atoms with Crippen molar-refractivity contribution in [1.29, 1.82) is 0 Å². The van der Waals surface area contributed by atoms with Gasteiger partial charge in [0, 0.05) is 51.0 Å². The molecule has 3 heterocycles. The zero-order chi connectivity index (χ0) is 18.0. The van der Waals surface area contributed by atoms with Gasteiger partial charge < -0.3 is 4.52 Å². The molecule has 0 N–H and O–H groups in total. The van der Waals surface area contributed by atoms with Gasteiger partial charge in [-0.05, 0) is 25.5 Å². The van der Waals surface area contributed by atoms with E-state index in [1.807, 2.05) is 18.7 Å². The van der Waals surface area contributed by atoms with Crippen molar-refractivity contribution >= 4 is 0 Å². The third kappa shape index (κ3) is 4.19. The summed E-state index contributed by atoms with van der Waals surface area (Å²) in [6.07, 6.45) is -3.23. The maximum Gasteiger partial charge on any atom is 0.433 e. The van der Waals surface area contributed by atoms with Gasteiger partial charge in [0.2, 0.25) is 0 Å². The van der Waals surface area contributed by atoms with Gasteiger partial charge in [-0.3, -0.25) is 14.8 Å². The van der Waals surface area contributed by atoms with Crippen LogP contribution in [-0.2, 0) is 19.3 Å². The minimum atomic E-state index is -4.41. The molecule has 0 bridgehead atoms. The molecule has 1 fully saturated rings. The van der Waals surface area contributed by atoms with Gasteiger partial charge in [-0.2, -0.15) is 13.2 Å². The van der Waals surface area contributed by atoms with Crippen LogP contribution in [0.15, 0.2) is 22.9 Å². The van der Waals surface area contributed by atoms with E-state index in [0.29, 0.717) is 0 Å². The largest absolute Gasteiger partial charge is 0.433 e. The Morgan fingerprint density at radius 1 is 1.08 bits per heavy atom. The highest BCUT2D eigenvalue weighted by molar-refractivity contribution is 5.23. The van der Waals surface area contributed by atoms with Gasteiger partial charge in [-0.25, -0.2) is 0 Å². The zero-order valence-corrected chi connectivity index (χ0v) is 14.3. The van der Waals surface area contributed by atoms with Gasteiger partial charge >= 0.3 is 6.18 Å². The first-order valence-electron chi connectivity index (χ1n) is 8.22. The molecule has 1 saturated heterocycles. The maximum atomic E-state index is 13.0. The van der Waals surface area contributed by atoms with E-state index in [-0.39, 0.29) is 12.1 Å². The van der Waals surface area contributed by atoms with E-state index in [1.165, 1.54) is 12.3 Å². The Hall–Kier alpha value is -1.93. The normalized spacial score (nSPS) is 17.2. The summed E-state index contributed by atoms with van der Waals surface area (Å²) < 4.78 is 44.3. The topological polar surface area (TPSA) is 45.4 Å². The molecule has 8 heteroatoms. The summed E-state index contributed by atoms with van der Waals surface area (Å²) >= 11 is 0. The molecule has 2 aromatic rings. The summed E-state index contributed by atoms with van der Waals surface area (Å²) in [6, 6.07) is 3.06. The van der Waals surface area contributed by atoms with E-state index in [1.54, 1.807) is 6.07 Å². The van der Waals surface area contributed by atoms with Crippen molar-refractivity contribution in [2.24, 2.45) is 0 Å². The van der Waals surface area contributed by atoms with Crippen LogP contribution in [0.25, 0.3) is 0 Å². The lowest BCUT2D eigenvalue weighted by molar-refractivity contribution is -0.142. The zero-order valence-electron chi connectivity index (χ0n) is 14.3. The second-order valence-electron chi connectivity index (χ2n) is 6.36. The molecular formula is C17H21F3N4O.